The number of nitrogens with one attached hydrogen (secondary N) is 3. The summed E-state index contributed by atoms with van der Waals surface area (Å²) in [7, 11) is -3.59. The third kappa shape index (κ3) is 5.43. The van der Waals surface area contributed by atoms with Gasteiger partial charge in [0.15, 0.2) is 0 Å². The van der Waals surface area contributed by atoms with Gasteiger partial charge in [-0.2, -0.15) is 0 Å². The first-order valence-electron chi connectivity index (χ1n) is 7.98. The van der Waals surface area contributed by atoms with Crippen molar-refractivity contribution in [3.8, 4) is 0 Å². The van der Waals surface area contributed by atoms with Crippen molar-refractivity contribution in [1.29, 1.82) is 0 Å². The van der Waals surface area contributed by atoms with Crippen LogP contribution in [0.5, 0.6) is 0 Å². The Kier molecular flexibility index (Phi) is 5.79. The van der Waals surface area contributed by atoms with Crippen LogP contribution in [0.4, 0.5) is 0 Å². The first-order chi connectivity index (χ1) is 11.2. The minimum absolute atomic E-state index is 0.148. The van der Waals surface area contributed by atoms with Crippen LogP contribution in [-0.4, -0.2) is 39.5 Å². The summed E-state index contributed by atoms with van der Waals surface area (Å²) in [6.45, 7) is 7.62. The average Bonchev–Trinajstić information content (AvgIpc) is 2.51. The van der Waals surface area contributed by atoms with E-state index < -0.39 is 15.6 Å². The van der Waals surface area contributed by atoms with Crippen LogP contribution in [0.2, 0.25) is 0 Å². The SMILES string of the molecule is CC(C)(C)NS(=O)(=O)c1ccc(C(=O)NCC2=CCNCC2)cc1. The number of hydrogen-bond donors (Lipinski definition) is 3. The molecule has 0 bridgehead atoms. The molecule has 0 atom stereocenters. The summed E-state index contributed by atoms with van der Waals surface area (Å²) in [5.74, 6) is -0.206. The second kappa shape index (κ2) is 7.46. The maximum absolute atomic E-state index is 12.2. The number of amides is 1. The quantitative estimate of drug-likeness (QED) is 0.700. The van der Waals surface area contributed by atoms with Crippen LogP contribution in [0.25, 0.3) is 0 Å². The molecular formula is C17H25N3O3S. The predicted octanol–water partition coefficient (Wildman–Crippen LogP) is 1.41. The maximum atomic E-state index is 12.2. The van der Waals surface area contributed by atoms with E-state index in [1.54, 1.807) is 20.8 Å². The molecule has 1 aromatic rings. The van der Waals surface area contributed by atoms with E-state index in [-0.39, 0.29) is 10.8 Å². The van der Waals surface area contributed by atoms with Crippen molar-refractivity contribution in [2.45, 2.75) is 37.6 Å². The Morgan fingerprint density at radius 2 is 1.88 bits per heavy atom. The van der Waals surface area contributed by atoms with E-state index >= 15 is 0 Å². The highest BCUT2D eigenvalue weighted by Gasteiger charge is 2.22. The normalized spacial score (nSPS) is 15.7. The molecule has 132 valence electrons. The molecule has 0 saturated carbocycles. The minimum Gasteiger partial charge on any atom is -0.348 e. The van der Waals surface area contributed by atoms with Crippen molar-refractivity contribution in [2.75, 3.05) is 19.6 Å². The van der Waals surface area contributed by atoms with Gasteiger partial charge in [-0.05, 0) is 58.0 Å². The zero-order chi connectivity index (χ0) is 17.8. The van der Waals surface area contributed by atoms with E-state index in [4.69, 9.17) is 0 Å². The molecule has 2 rings (SSSR count). The van der Waals surface area contributed by atoms with Crippen LogP contribution in [0.1, 0.15) is 37.6 Å². The standard InChI is InChI=1S/C17H25N3O3S/c1-17(2,3)20-24(22,23)15-6-4-14(5-7-15)16(21)19-12-13-8-10-18-11-9-13/h4-8,18,20H,9-12H2,1-3H3,(H,19,21). The number of rotatable bonds is 5. The number of carbonyl (C=O) groups excluding carboxylic acids is 1. The van der Waals surface area contributed by atoms with Crippen LogP contribution in [-0.2, 0) is 10.0 Å². The van der Waals surface area contributed by atoms with Crippen molar-refractivity contribution < 1.29 is 13.2 Å². The summed E-state index contributed by atoms with van der Waals surface area (Å²) in [5, 5.41) is 6.08. The van der Waals surface area contributed by atoms with Crippen molar-refractivity contribution >= 4 is 15.9 Å². The van der Waals surface area contributed by atoms with Crippen molar-refractivity contribution in [1.82, 2.24) is 15.4 Å². The molecular weight excluding hydrogens is 326 g/mol. The van der Waals surface area contributed by atoms with Gasteiger partial charge in [-0.15, -0.1) is 0 Å². The average molecular weight is 351 g/mol. The number of benzene rings is 1. The van der Waals surface area contributed by atoms with E-state index in [1.807, 2.05) is 0 Å². The van der Waals surface area contributed by atoms with Crippen LogP contribution in [0, 0.1) is 0 Å². The summed E-state index contributed by atoms with van der Waals surface area (Å²) >= 11 is 0. The second-order valence-corrected chi connectivity index (χ2v) is 8.56. The highest BCUT2D eigenvalue weighted by Crippen LogP contribution is 2.14. The third-order valence-electron chi connectivity index (χ3n) is 3.50. The van der Waals surface area contributed by atoms with Gasteiger partial charge in [0, 0.05) is 24.2 Å². The minimum atomic E-state index is -3.59. The molecule has 0 unspecified atom stereocenters. The monoisotopic (exact) mass is 351 g/mol. The molecule has 1 aliphatic rings. The molecule has 1 aliphatic heterocycles. The van der Waals surface area contributed by atoms with Crippen LogP contribution in [0.15, 0.2) is 40.8 Å². The summed E-state index contributed by atoms with van der Waals surface area (Å²) < 4.78 is 27.1. The predicted molar refractivity (Wildman–Crippen MR) is 94.4 cm³/mol. The van der Waals surface area contributed by atoms with Crippen molar-refractivity contribution in [2.24, 2.45) is 0 Å². The first kappa shape index (κ1) is 18.6. The molecule has 1 aromatic carbocycles. The van der Waals surface area contributed by atoms with Gasteiger partial charge < -0.3 is 10.6 Å². The molecule has 1 heterocycles. The number of carbonyl (C=O) groups is 1. The Balaban J connectivity index is 2.00. The molecule has 7 heteroatoms. The summed E-state index contributed by atoms with van der Waals surface area (Å²) in [6.07, 6.45) is 3.01. The fourth-order valence-electron chi connectivity index (χ4n) is 2.37. The van der Waals surface area contributed by atoms with Crippen LogP contribution >= 0.6 is 0 Å². The van der Waals surface area contributed by atoms with Gasteiger partial charge in [-0.25, -0.2) is 13.1 Å². The number of sulfonamides is 1. The van der Waals surface area contributed by atoms with Gasteiger partial charge in [-0.1, -0.05) is 11.6 Å². The molecule has 24 heavy (non-hydrogen) atoms. The largest absolute Gasteiger partial charge is 0.348 e. The zero-order valence-electron chi connectivity index (χ0n) is 14.3. The molecule has 0 spiro atoms. The molecule has 0 radical (unpaired) electrons. The molecule has 0 aliphatic carbocycles. The van der Waals surface area contributed by atoms with E-state index in [2.05, 4.69) is 21.4 Å². The Bertz CT molecular complexity index is 716. The van der Waals surface area contributed by atoms with Gasteiger partial charge in [-0.3, -0.25) is 4.79 Å². The van der Waals surface area contributed by atoms with Gasteiger partial charge in [0.25, 0.3) is 5.91 Å². The Labute approximate surface area is 143 Å². The lowest BCUT2D eigenvalue weighted by Crippen LogP contribution is -2.40. The van der Waals surface area contributed by atoms with E-state index in [0.717, 1.165) is 19.5 Å². The van der Waals surface area contributed by atoms with Gasteiger partial charge in [0.2, 0.25) is 10.0 Å². The van der Waals surface area contributed by atoms with E-state index in [9.17, 15) is 13.2 Å². The lowest BCUT2D eigenvalue weighted by Gasteiger charge is -2.20. The maximum Gasteiger partial charge on any atom is 0.251 e. The fraction of sp³-hybridized carbons (Fsp3) is 0.471. The Morgan fingerprint density at radius 3 is 2.42 bits per heavy atom. The smallest absolute Gasteiger partial charge is 0.251 e. The molecule has 6 nitrogen and oxygen atoms in total. The lowest BCUT2D eigenvalue weighted by atomic mass is 10.1. The summed E-state index contributed by atoms with van der Waals surface area (Å²) in [4.78, 5) is 12.3. The van der Waals surface area contributed by atoms with Gasteiger partial charge in [0.05, 0.1) is 4.90 Å². The highest BCUT2D eigenvalue weighted by molar-refractivity contribution is 7.89. The van der Waals surface area contributed by atoms with Crippen molar-refractivity contribution in [3.63, 3.8) is 0 Å². The molecule has 0 fully saturated rings. The molecule has 0 aromatic heterocycles. The fourth-order valence-corrected chi connectivity index (χ4v) is 3.79. The van der Waals surface area contributed by atoms with Crippen LogP contribution < -0.4 is 15.4 Å². The summed E-state index contributed by atoms with van der Waals surface area (Å²) in [6, 6.07) is 5.96. The van der Waals surface area contributed by atoms with E-state index in [0.29, 0.717) is 12.1 Å². The van der Waals surface area contributed by atoms with Crippen molar-refractivity contribution in [3.05, 3.63) is 41.5 Å². The second-order valence-electron chi connectivity index (χ2n) is 6.88. The van der Waals surface area contributed by atoms with Gasteiger partial charge in [0.1, 0.15) is 0 Å². The molecule has 0 saturated heterocycles. The first-order valence-corrected chi connectivity index (χ1v) is 9.46. The zero-order valence-corrected chi connectivity index (χ0v) is 15.2. The third-order valence-corrected chi connectivity index (χ3v) is 5.28. The van der Waals surface area contributed by atoms with E-state index in [1.165, 1.54) is 29.8 Å². The molecule has 1 amide bonds. The Hall–Kier alpha value is -1.70. The lowest BCUT2D eigenvalue weighted by molar-refractivity contribution is 0.0956. The van der Waals surface area contributed by atoms with Crippen LogP contribution in [0.3, 0.4) is 0 Å². The highest BCUT2D eigenvalue weighted by atomic mass is 32.2. The topological polar surface area (TPSA) is 87.3 Å². The van der Waals surface area contributed by atoms with Gasteiger partial charge >= 0.3 is 0 Å². The summed E-state index contributed by atoms with van der Waals surface area (Å²) in [5.41, 5.74) is 1.09. The number of hydrogen-bond acceptors (Lipinski definition) is 4. The molecule has 3 N–H and O–H groups in total. The Morgan fingerprint density at radius 1 is 1.21 bits per heavy atom.